The van der Waals surface area contributed by atoms with Crippen LogP contribution in [0.2, 0.25) is 5.02 Å². The third-order valence-corrected chi connectivity index (χ3v) is 6.54. The van der Waals surface area contributed by atoms with Gasteiger partial charge in [-0.15, -0.1) is 11.8 Å². The Kier molecular flexibility index (Phi) is 8.56. The number of nitrogens with one attached hydrogen (secondary N) is 2. The Balaban J connectivity index is 1.68. The first-order valence-electron chi connectivity index (χ1n) is 10.4. The van der Waals surface area contributed by atoms with Crippen LogP contribution in [0.3, 0.4) is 0 Å². The molecule has 3 aromatic carbocycles. The lowest BCUT2D eigenvalue weighted by Crippen LogP contribution is -2.24. The number of aromatic carboxylic acids is 1. The number of ether oxygens (including phenoxy) is 1. The number of rotatable bonds is 9. The second-order valence-electron chi connectivity index (χ2n) is 7.21. The molecule has 3 rings (SSSR count). The maximum Gasteiger partial charge on any atom is 0.335 e. The molecule has 0 aromatic heterocycles. The molecule has 1 unspecified atom stereocenters. The fourth-order valence-electron chi connectivity index (χ4n) is 3.05. The molecule has 7 nitrogen and oxygen atoms in total. The lowest BCUT2D eigenvalue weighted by atomic mass is 10.2. The van der Waals surface area contributed by atoms with Crippen LogP contribution in [0.1, 0.15) is 34.1 Å². The van der Waals surface area contributed by atoms with Gasteiger partial charge in [0.15, 0.2) is 0 Å². The first kappa shape index (κ1) is 25.1. The van der Waals surface area contributed by atoms with Crippen molar-refractivity contribution in [3.8, 4) is 5.75 Å². The molecule has 0 spiro atoms. The van der Waals surface area contributed by atoms with E-state index in [9.17, 15) is 19.5 Å². The number of amides is 2. The van der Waals surface area contributed by atoms with E-state index in [0.717, 1.165) is 4.90 Å². The average molecular weight is 499 g/mol. The summed E-state index contributed by atoms with van der Waals surface area (Å²) in [6.07, 6.45) is 0.523. The van der Waals surface area contributed by atoms with Crippen molar-refractivity contribution in [3.63, 3.8) is 0 Å². The predicted octanol–water partition coefficient (Wildman–Crippen LogP) is 5.81. The summed E-state index contributed by atoms with van der Waals surface area (Å²) in [6, 6.07) is 18.1. The number of hydrogen-bond acceptors (Lipinski definition) is 5. The fourth-order valence-corrected chi connectivity index (χ4v) is 4.22. The third-order valence-electron chi connectivity index (χ3n) is 4.86. The third kappa shape index (κ3) is 6.52. The molecule has 0 aliphatic heterocycles. The molecular weight excluding hydrogens is 476 g/mol. The summed E-state index contributed by atoms with van der Waals surface area (Å²) in [5.41, 5.74) is 1.36. The minimum absolute atomic E-state index is 0.0284. The number of hydrogen-bond donors (Lipinski definition) is 3. The van der Waals surface area contributed by atoms with Crippen molar-refractivity contribution in [1.82, 2.24) is 0 Å². The average Bonchev–Trinajstić information content (AvgIpc) is 2.83. The maximum absolute atomic E-state index is 12.9. The number of anilines is 2. The van der Waals surface area contributed by atoms with E-state index in [1.807, 2.05) is 13.0 Å². The van der Waals surface area contributed by atoms with E-state index in [1.54, 1.807) is 49.6 Å². The zero-order chi connectivity index (χ0) is 24.7. The van der Waals surface area contributed by atoms with Gasteiger partial charge < -0.3 is 20.5 Å². The SMILES string of the molecule is CCC(Sc1cccc(NC(=O)c2ccc(OC)cc2)c1)C(=O)Nc1cc(C(=O)O)ccc1Cl. The molecule has 1 atom stereocenters. The zero-order valence-electron chi connectivity index (χ0n) is 18.5. The molecule has 0 bridgehead atoms. The molecule has 0 fully saturated rings. The van der Waals surface area contributed by atoms with Gasteiger partial charge in [0.25, 0.3) is 5.91 Å². The maximum atomic E-state index is 12.9. The Morgan fingerprint density at radius 2 is 1.71 bits per heavy atom. The minimum atomic E-state index is -1.11. The van der Waals surface area contributed by atoms with Gasteiger partial charge in [-0.25, -0.2) is 4.79 Å². The van der Waals surface area contributed by atoms with E-state index < -0.39 is 11.2 Å². The summed E-state index contributed by atoms with van der Waals surface area (Å²) in [7, 11) is 1.56. The van der Waals surface area contributed by atoms with E-state index in [1.165, 1.54) is 30.0 Å². The number of benzene rings is 3. The van der Waals surface area contributed by atoms with Gasteiger partial charge >= 0.3 is 5.97 Å². The fraction of sp³-hybridized carbons (Fsp3) is 0.160. The van der Waals surface area contributed by atoms with E-state index >= 15 is 0 Å². The molecule has 0 radical (unpaired) electrons. The molecule has 34 heavy (non-hydrogen) atoms. The zero-order valence-corrected chi connectivity index (χ0v) is 20.1. The first-order valence-corrected chi connectivity index (χ1v) is 11.6. The van der Waals surface area contributed by atoms with Gasteiger partial charge in [-0.2, -0.15) is 0 Å². The molecule has 3 N–H and O–H groups in total. The first-order chi connectivity index (χ1) is 16.3. The summed E-state index contributed by atoms with van der Waals surface area (Å²) in [5.74, 6) is -1.01. The summed E-state index contributed by atoms with van der Waals surface area (Å²) in [4.78, 5) is 37.4. The molecule has 0 saturated carbocycles. The van der Waals surface area contributed by atoms with Crippen molar-refractivity contribution in [2.45, 2.75) is 23.5 Å². The van der Waals surface area contributed by atoms with Crippen LogP contribution >= 0.6 is 23.4 Å². The highest BCUT2D eigenvalue weighted by Crippen LogP contribution is 2.30. The summed E-state index contributed by atoms with van der Waals surface area (Å²) >= 11 is 7.46. The molecule has 0 saturated heterocycles. The van der Waals surface area contributed by atoms with Crippen molar-refractivity contribution in [1.29, 1.82) is 0 Å². The van der Waals surface area contributed by atoms with E-state index in [2.05, 4.69) is 10.6 Å². The number of thioether (sulfide) groups is 1. The Labute approximate surface area is 206 Å². The quantitative estimate of drug-likeness (QED) is 0.322. The number of halogens is 1. The van der Waals surface area contributed by atoms with Crippen molar-refractivity contribution in [2.24, 2.45) is 0 Å². The number of carbonyl (C=O) groups is 3. The van der Waals surface area contributed by atoms with Crippen molar-refractivity contribution < 1.29 is 24.2 Å². The molecule has 3 aromatic rings. The van der Waals surface area contributed by atoms with Gasteiger partial charge in [-0.1, -0.05) is 24.6 Å². The summed E-state index contributed by atoms with van der Waals surface area (Å²) in [5, 5.41) is 14.5. The number of carbonyl (C=O) groups excluding carboxylic acids is 2. The number of carboxylic acid groups (broad SMARTS) is 1. The lowest BCUT2D eigenvalue weighted by Gasteiger charge is -2.16. The minimum Gasteiger partial charge on any atom is -0.497 e. The summed E-state index contributed by atoms with van der Waals surface area (Å²) in [6.45, 7) is 1.88. The number of methoxy groups -OCH3 is 1. The van der Waals surface area contributed by atoms with Gasteiger partial charge in [0.05, 0.1) is 28.6 Å². The van der Waals surface area contributed by atoms with Crippen LogP contribution in [-0.4, -0.2) is 35.2 Å². The second-order valence-corrected chi connectivity index (χ2v) is 8.90. The molecule has 2 amide bonds. The molecule has 0 aliphatic rings. The Hall–Kier alpha value is -3.49. The lowest BCUT2D eigenvalue weighted by molar-refractivity contribution is -0.115. The Morgan fingerprint density at radius 3 is 2.35 bits per heavy atom. The van der Waals surface area contributed by atoms with E-state index in [-0.39, 0.29) is 28.1 Å². The monoisotopic (exact) mass is 498 g/mol. The van der Waals surface area contributed by atoms with Crippen LogP contribution in [0.4, 0.5) is 11.4 Å². The van der Waals surface area contributed by atoms with Crippen LogP contribution in [0.15, 0.2) is 71.6 Å². The largest absolute Gasteiger partial charge is 0.497 e. The highest BCUT2D eigenvalue weighted by molar-refractivity contribution is 8.00. The van der Waals surface area contributed by atoms with Crippen molar-refractivity contribution >= 4 is 52.5 Å². The number of carboxylic acids is 1. The van der Waals surface area contributed by atoms with Crippen molar-refractivity contribution in [2.75, 3.05) is 17.7 Å². The normalized spacial score (nSPS) is 11.4. The molecule has 9 heteroatoms. The molecule has 0 heterocycles. The predicted molar refractivity (Wildman–Crippen MR) is 134 cm³/mol. The summed E-state index contributed by atoms with van der Waals surface area (Å²) < 4.78 is 5.11. The van der Waals surface area contributed by atoms with Gasteiger partial charge in [-0.05, 0) is 67.1 Å². The smallest absolute Gasteiger partial charge is 0.335 e. The van der Waals surface area contributed by atoms with Gasteiger partial charge in [-0.3, -0.25) is 9.59 Å². The van der Waals surface area contributed by atoms with Crippen LogP contribution < -0.4 is 15.4 Å². The molecule has 0 aliphatic carbocycles. The van der Waals surface area contributed by atoms with Crippen molar-refractivity contribution in [3.05, 3.63) is 82.9 Å². The standard InChI is InChI=1S/C25H23ClN2O5S/c1-3-22(24(30)28-21-13-16(25(31)32)9-12-20(21)26)34-19-6-4-5-17(14-19)27-23(29)15-7-10-18(33-2)11-8-15/h4-14,22H,3H2,1-2H3,(H,27,29)(H,28,30)(H,31,32). The molecule has 176 valence electrons. The van der Waals surface area contributed by atoms with Gasteiger partial charge in [0.1, 0.15) is 5.75 Å². The van der Waals surface area contributed by atoms with Crippen LogP contribution in [-0.2, 0) is 4.79 Å². The van der Waals surface area contributed by atoms with Crippen LogP contribution in [0.25, 0.3) is 0 Å². The highest BCUT2D eigenvalue weighted by Gasteiger charge is 2.20. The van der Waals surface area contributed by atoms with Crippen LogP contribution in [0, 0.1) is 0 Å². The second kappa shape index (κ2) is 11.6. The van der Waals surface area contributed by atoms with Crippen LogP contribution in [0.5, 0.6) is 5.75 Å². The Bertz CT molecular complexity index is 1200. The topological polar surface area (TPSA) is 105 Å². The highest BCUT2D eigenvalue weighted by atomic mass is 35.5. The van der Waals surface area contributed by atoms with E-state index in [0.29, 0.717) is 23.4 Å². The van der Waals surface area contributed by atoms with Gasteiger partial charge in [0, 0.05) is 16.1 Å². The molecular formula is C25H23ClN2O5S. The van der Waals surface area contributed by atoms with E-state index in [4.69, 9.17) is 16.3 Å². The Morgan fingerprint density at radius 1 is 1.00 bits per heavy atom. The van der Waals surface area contributed by atoms with Gasteiger partial charge in [0.2, 0.25) is 5.91 Å².